The number of amides is 1. The van der Waals surface area contributed by atoms with E-state index in [1.54, 1.807) is 0 Å². The maximum Gasteiger partial charge on any atom is 0.229 e. The zero-order valence-electron chi connectivity index (χ0n) is 15.1. The summed E-state index contributed by atoms with van der Waals surface area (Å²) in [6.45, 7) is 6.60. The van der Waals surface area contributed by atoms with E-state index < -0.39 is 0 Å². The largest absolute Gasteiger partial charge is 0.378 e. The second-order valence-electron chi connectivity index (χ2n) is 7.46. The second kappa shape index (κ2) is 6.78. The van der Waals surface area contributed by atoms with E-state index in [0.717, 1.165) is 37.1 Å². The lowest BCUT2D eigenvalue weighted by molar-refractivity contribution is -0.133. The molecule has 0 aliphatic carbocycles. The Labute approximate surface area is 149 Å². The molecule has 0 aromatic carbocycles. The molecular formula is C18H27N5O2. The first-order chi connectivity index (χ1) is 12.1. The van der Waals surface area contributed by atoms with Crippen molar-refractivity contribution in [2.24, 2.45) is 5.92 Å². The number of carbonyl (C=O) groups excluding carboxylic acids is 1. The number of hydrogen-bond acceptors (Lipinski definition) is 6. The molecule has 7 nitrogen and oxygen atoms in total. The van der Waals surface area contributed by atoms with Gasteiger partial charge in [0, 0.05) is 45.0 Å². The van der Waals surface area contributed by atoms with Gasteiger partial charge in [0.1, 0.15) is 5.82 Å². The van der Waals surface area contributed by atoms with E-state index in [2.05, 4.69) is 14.8 Å². The van der Waals surface area contributed by atoms with Crippen LogP contribution in [0, 0.1) is 12.8 Å². The molecule has 0 N–H and O–H groups in total. The lowest BCUT2D eigenvalue weighted by atomic mass is 10.1. The Morgan fingerprint density at radius 3 is 2.68 bits per heavy atom. The highest BCUT2D eigenvalue weighted by molar-refractivity contribution is 5.80. The van der Waals surface area contributed by atoms with Crippen LogP contribution < -0.4 is 9.80 Å². The van der Waals surface area contributed by atoms with Crippen LogP contribution in [0.15, 0.2) is 6.07 Å². The molecule has 4 rings (SSSR count). The fourth-order valence-electron chi connectivity index (χ4n) is 4.02. The molecule has 4 heterocycles. The molecule has 2 bridgehead atoms. The number of aromatic nitrogens is 2. The van der Waals surface area contributed by atoms with Crippen LogP contribution in [0.2, 0.25) is 0 Å². The first-order valence-corrected chi connectivity index (χ1v) is 9.32. The van der Waals surface area contributed by atoms with Crippen molar-refractivity contribution in [1.82, 2.24) is 14.9 Å². The summed E-state index contributed by atoms with van der Waals surface area (Å²) in [5.41, 5.74) is 0.982. The molecule has 3 fully saturated rings. The van der Waals surface area contributed by atoms with Crippen molar-refractivity contribution in [2.75, 3.05) is 56.2 Å². The summed E-state index contributed by atoms with van der Waals surface area (Å²) in [6.07, 6.45) is 3.70. The topological polar surface area (TPSA) is 61.8 Å². The predicted molar refractivity (Wildman–Crippen MR) is 95.9 cm³/mol. The third-order valence-electron chi connectivity index (χ3n) is 5.54. The van der Waals surface area contributed by atoms with Gasteiger partial charge in [-0.25, -0.2) is 4.98 Å². The first kappa shape index (κ1) is 16.6. The van der Waals surface area contributed by atoms with Crippen LogP contribution >= 0.6 is 0 Å². The van der Waals surface area contributed by atoms with Crippen molar-refractivity contribution < 1.29 is 9.53 Å². The number of fused-ring (bicyclic) bond motifs is 3. The Hall–Kier alpha value is -1.89. The number of hydrogen-bond donors (Lipinski definition) is 0. The number of rotatable bonds is 2. The number of carbonyl (C=O) groups is 1. The summed E-state index contributed by atoms with van der Waals surface area (Å²) in [6, 6.07) is 2.12. The number of nitrogens with zero attached hydrogens (tertiary/aromatic N) is 5. The lowest BCUT2D eigenvalue weighted by Gasteiger charge is -2.32. The Bertz CT molecular complexity index is 646. The normalized spacial score (nSPS) is 27.4. The number of likely N-dealkylation sites (N-methyl/N-ethyl adjacent to an activating group) is 1. The van der Waals surface area contributed by atoms with Crippen LogP contribution in [0.4, 0.5) is 11.8 Å². The Morgan fingerprint density at radius 2 is 1.88 bits per heavy atom. The predicted octanol–water partition coefficient (Wildman–Crippen LogP) is 1.07. The van der Waals surface area contributed by atoms with E-state index in [1.807, 2.05) is 24.9 Å². The molecule has 3 aliphatic heterocycles. The first-order valence-electron chi connectivity index (χ1n) is 9.32. The van der Waals surface area contributed by atoms with E-state index in [-0.39, 0.29) is 17.9 Å². The summed E-state index contributed by atoms with van der Waals surface area (Å²) in [5, 5.41) is 0. The van der Waals surface area contributed by atoms with Crippen LogP contribution in [0.1, 0.15) is 25.0 Å². The smallest absolute Gasteiger partial charge is 0.229 e. The number of ether oxygens (including phenoxy) is 1. The molecule has 1 amide bonds. The highest BCUT2D eigenvalue weighted by Gasteiger charge is 2.37. The molecule has 0 saturated carbocycles. The second-order valence-corrected chi connectivity index (χ2v) is 7.46. The average molecular weight is 345 g/mol. The quantitative estimate of drug-likeness (QED) is 0.799. The van der Waals surface area contributed by atoms with Crippen molar-refractivity contribution in [3.8, 4) is 0 Å². The average Bonchev–Trinajstić information content (AvgIpc) is 2.80. The summed E-state index contributed by atoms with van der Waals surface area (Å²) in [7, 11) is 1.89. The maximum absolute atomic E-state index is 12.6. The number of piperidine rings is 1. The molecule has 136 valence electrons. The van der Waals surface area contributed by atoms with Crippen LogP contribution in [-0.2, 0) is 9.53 Å². The standard InChI is InChI=1S/C18H27N5O2/c1-13-8-16(20-18(19-13)22-6-4-3-5-7-22)23-9-14-11-25-12-15(10-23)21(2)17(14)24/h8,14-15H,3-7,9-12H2,1-2H3/t14-,15+/m1/s1. The fraction of sp³-hybridized carbons (Fsp3) is 0.722. The Morgan fingerprint density at radius 1 is 1.08 bits per heavy atom. The summed E-state index contributed by atoms with van der Waals surface area (Å²) < 4.78 is 5.70. The van der Waals surface area contributed by atoms with E-state index in [1.165, 1.54) is 19.3 Å². The number of anilines is 2. The molecule has 7 heteroatoms. The summed E-state index contributed by atoms with van der Waals surface area (Å²) in [4.78, 5) is 28.5. The molecule has 0 unspecified atom stereocenters. The molecule has 3 saturated heterocycles. The van der Waals surface area contributed by atoms with Gasteiger partial charge in [0.05, 0.1) is 25.2 Å². The van der Waals surface area contributed by atoms with Crippen molar-refractivity contribution in [1.29, 1.82) is 0 Å². The molecule has 1 aromatic heterocycles. The van der Waals surface area contributed by atoms with Gasteiger partial charge in [-0.15, -0.1) is 0 Å². The van der Waals surface area contributed by atoms with E-state index in [9.17, 15) is 4.79 Å². The van der Waals surface area contributed by atoms with Gasteiger partial charge in [-0.05, 0) is 26.2 Å². The van der Waals surface area contributed by atoms with Crippen molar-refractivity contribution in [2.45, 2.75) is 32.2 Å². The minimum atomic E-state index is -0.119. The molecule has 3 aliphatic rings. The zero-order chi connectivity index (χ0) is 17.4. The van der Waals surface area contributed by atoms with Gasteiger partial charge in [-0.1, -0.05) is 0 Å². The monoisotopic (exact) mass is 345 g/mol. The minimum absolute atomic E-state index is 0.0775. The van der Waals surface area contributed by atoms with Gasteiger partial charge in [-0.3, -0.25) is 4.79 Å². The van der Waals surface area contributed by atoms with Gasteiger partial charge in [-0.2, -0.15) is 4.98 Å². The lowest BCUT2D eigenvalue weighted by Crippen LogP contribution is -2.43. The van der Waals surface area contributed by atoms with Crippen LogP contribution in [0.25, 0.3) is 0 Å². The fourth-order valence-corrected chi connectivity index (χ4v) is 4.02. The van der Waals surface area contributed by atoms with Crippen molar-refractivity contribution in [3.63, 3.8) is 0 Å². The van der Waals surface area contributed by atoms with Crippen molar-refractivity contribution in [3.05, 3.63) is 11.8 Å². The van der Waals surface area contributed by atoms with Crippen LogP contribution in [-0.4, -0.2) is 73.3 Å². The van der Waals surface area contributed by atoms with Gasteiger partial charge in [0.25, 0.3) is 0 Å². The molecule has 2 atom stereocenters. The summed E-state index contributed by atoms with van der Waals surface area (Å²) in [5.74, 6) is 1.84. The third kappa shape index (κ3) is 3.29. The van der Waals surface area contributed by atoms with E-state index >= 15 is 0 Å². The molecule has 0 radical (unpaired) electrons. The Kier molecular flexibility index (Phi) is 4.50. The third-order valence-corrected chi connectivity index (χ3v) is 5.54. The zero-order valence-corrected chi connectivity index (χ0v) is 15.1. The molecule has 0 spiro atoms. The molecule has 25 heavy (non-hydrogen) atoms. The summed E-state index contributed by atoms with van der Waals surface area (Å²) >= 11 is 0. The van der Waals surface area contributed by atoms with Gasteiger partial charge >= 0.3 is 0 Å². The minimum Gasteiger partial charge on any atom is -0.378 e. The van der Waals surface area contributed by atoms with Gasteiger partial charge < -0.3 is 19.4 Å². The molecule has 1 aromatic rings. The number of aryl methyl sites for hydroxylation is 1. The highest BCUT2D eigenvalue weighted by Crippen LogP contribution is 2.26. The van der Waals surface area contributed by atoms with Gasteiger partial charge in [0.2, 0.25) is 11.9 Å². The van der Waals surface area contributed by atoms with Crippen LogP contribution in [0.5, 0.6) is 0 Å². The highest BCUT2D eigenvalue weighted by atomic mass is 16.5. The SMILES string of the molecule is Cc1cc(N2C[C@@H]3COC[C@H](C2)N(C)C3=O)nc(N2CCCCC2)n1. The Balaban J connectivity index is 1.62. The van der Waals surface area contributed by atoms with Gasteiger partial charge in [0.15, 0.2) is 0 Å². The maximum atomic E-state index is 12.6. The van der Waals surface area contributed by atoms with E-state index in [4.69, 9.17) is 9.72 Å². The molecular weight excluding hydrogens is 318 g/mol. The van der Waals surface area contributed by atoms with Crippen molar-refractivity contribution >= 4 is 17.7 Å². The van der Waals surface area contributed by atoms with Crippen LogP contribution in [0.3, 0.4) is 0 Å². The van der Waals surface area contributed by atoms with E-state index in [0.29, 0.717) is 19.8 Å².